The van der Waals surface area contributed by atoms with E-state index in [1.165, 1.54) is 57.4 Å². The SMILES string of the molecule is Cc1cc2c(-c3cc4ccnc(-c5cc(C(C)(C)C)c6ccccc6c5)c4s3)cccc2s1. The van der Waals surface area contributed by atoms with Crippen LogP contribution in [0.4, 0.5) is 0 Å². The summed E-state index contributed by atoms with van der Waals surface area (Å²) in [6.45, 7) is 9.06. The summed E-state index contributed by atoms with van der Waals surface area (Å²) in [5, 5.41) is 5.21. The molecular formula is C30H25NS2. The molecule has 0 saturated heterocycles. The molecule has 0 amide bonds. The standard InChI is InChI=1S/C30H25NS2/c1-18-14-24-23(10-7-11-26(24)32-18)27-17-20-12-13-31-28(29(20)33-27)21-15-19-8-5-6-9-22(19)25(16-21)30(2,3)4/h5-17H,1-4H3. The maximum Gasteiger partial charge on any atom is 0.0880 e. The van der Waals surface area contributed by atoms with Gasteiger partial charge in [0.1, 0.15) is 0 Å². The van der Waals surface area contributed by atoms with Crippen molar-refractivity contribution in [2.45, 2.75) is 33.1 Å². The summed E-state index contributed by atoms with van der Waals surface area (Å²) in [5.41, 5.74) is 5.01. The molecule has 0 fully saturated rings. The molecule has 6 aromatic rings. The molecule has 0 bridgehead atoms. The molecule has 3 aromatic heterocycles. The predicted molar refractivity (Wildman–Crippen MR) is 147 cm³/mol. The zero-order valence-corrected chi connectivity index (χ0v) is 20.9. The maximum absolute atomic E-state index is 4.89. The van der Waals surface area contributed by atoms with Crippen LogP contribution in [-0.4, -0.2) is 4.98 Å². The average molecular weight is 464 g/mol. The van der Waals surface area contributed by atoms with Crippen molar-refractivity contribution in [1.29, 1.82) is 0 Å². The summed E-state index contributed by atoms with van der Waals surface area (Å²) >= 11 is 3.72. The van der Waals surface area contributed by atoms with E-state index in [9.17, 15) is 0 Å². The highest BCUT2D eigenvalue weighted by atomic mass is 32.1. The number of fused-ring (bicyclic) bond motifs is 3. The topological polar surface area (TPSA) is 12.9 Å². The lowest BCUT2D eigenvalue weighted by Crippen LogP contribution is -2.12. The van der Waals surface area contributed by atoms with E-state index in [1.807, 2.05) is 28.9 Å². The highest BCUT2D eigenvalue weighted by molar-refractivity contribution is 7.23. The first-order valence-electron chi connectivity index (χ1n) is 11.3. The van der Waals surface area contributed by atoms with Gasteiger partial charge in [-0.2, -0.15) is 0 Å². The van der Waals surface area contributed by atoms with Gasteiger partial charge < -0.3 is 0 Å². The first kappa shape index (κ1) is 20.6. The van der Waals surface area contributed by atoms with E-state index in [2.05, 4.69) is 100 Å². The first-order valence-corrected chi connectivity index (χ1v) is 12.9. The Morgan fingerprint density at radius 2 is 1.61 bits per heavy atom. The van der Waals surface area contributed by atoms with Gasteiger partial charge >= 0.3 is 0 Å². The van der Waals surface area contributed by atoms with Crippen LogP contribution in [0.1, 0.15) is 31.2 Å². The highest BCUT2D eigenvalue weighted by Crippen LogP contribution is 2.43. The number of rotatable bonds is 2. The third kappa shape index (κ3) is 3.47. The molecule has 0 aliphatic carbocycles. The smallest absolute Gasteiger partial charge is 0.0880 e. The molecule has 3 aromatic carbocycles. The summed E-state index contributed by atoms with van der Waals surface area (Å²) in [4.78, 5) is 7.55. The largest absolute Gasteiger partial charge is 0.255 e. The van der Waals surface area contributed by atoms with Crippen molar-refractivity contribution >= 4 is 53.6 Å². The van der Waals surface area contributed by atoms with E-state index in [0.717, 1.165) is 5.69 Å². The van der Waals surface area contributed by atoms with Crippen molar-refractivity contribution in [3.63, 3.8) is 0 Å². The molecule has 0 radical (unpaired) electrons. The fraction of sp³-hybridized carbons (Fsp3) is 0.167. The molecule has 6 rings (SSSR count). The van der Waals surface area contributed by atoms with Crippen molar-refractivity contribution in [3.8, 4) is 21.7 Å². The van der Waals surface area contributed by atoms with Crippen LogP contribution in [0.15, 0.2) is 79.0 Å². The van der Waals surface area contributed by atoms with Gasteiger partial charge in [0.05, 0.1) is 10.4 Å². The molecule has 3 heteroatoms. The normalized spacial score (nSPS) is 12.2. The summed E-state index contributed by atoms with van der Waals surface area (Å²) in [6.07, 6.45) is 1.95. The minimum absolute atomic E-state index is 0.0522. The fourth-order valence-corrected chi connectivity index (χ4v) is 6.93. The van der Waals surface area contributed by atoms with Gasteiger partial charge in [0, 0.05) is 37.2 Å². The molecule has 3 heterocycles. The van der Waals surface area contributed by atoms with Crippen LogP contribution in [0.3, 0.4) is 0 Å². The lowest BCUT2D eigenvalue weighted by molar-refractivity contribution is 0.596. The minimum atomic E-state index is 0.0522. The number of thiophene rings is 2. The Kier molecular flexibility index (Phi) is 4.69. The Morgan fingerprint density at radius 3 is 2.45 bits per heavy atom. The lowest BCUT2D eigenvalue weighted by atomic mass is 9.82. The van der Waals surface area contributed by atoms with Gasteiger partial charge in [0.2, 0.25) is 0 Å². The minimum Gasteiger partial charge on any atom is -0.255 e. The number of aryl methyl sites for hydroxylation is 1. The molecule has 0 spiro atoms. The van der Waals surface area contributed by atoms with Crippen LogP contribution in [0, 0.1) is 6.92 Å². The quantitative estimate of drug-likeness (QED) is 0.249. The van der Waals surface area contributed by atoms with Gasteiger partial charge in [-0.1, -0.05) is 57.2 Å². The molecule has 162 valence electrons. The molecule has 0 atom stereocenters. The van der Waals surface area contributed by atoms with E-state index >= 15 is 0 Å². The molecule has 0 saturated carbocycles. The summed E-state index contributed by atoms with van der Waals surface area (Å²) in [6, 6.07) is 26.8. The van der Waals surface area contributed by atoms with E-state index in [1.54, 1.807) is 0 Å². The number of benzene rings is 3. The van der Waals surface area contributed by atoms with Crippen LogP contribution in [0.2, 0.25) is 0 Å². The first-order chi connectivity index (χ1) is 15.9. The van der Waals surface area contributed by atoms with Crippen molar-refractivity contribution in [2.24, 2.45) is 0 Å². The number of nitrogens with zero attached hydrogens (tertiary/aromatic N) is 1. The number of aromatic nitrogens is 1. The Bertz CT molecular complexity index is 1660. The van der Waals surface area contributed by atoms with E-state index in [0.29, 0.717) is 0 Å². The Labute approximate surface area is 202 Å². The second kappa shape index (κ2) is 7.51. The number of pyridine rings is 1. The second-order valence-corrected chi connectivity index (χ2v) is 12.1. The lowest BCUT2D eigenvalue weighted by Gasteiger charge is -2.22. The highest BCUT2D eigenvalue weighted by Gasteiger charge is 2.20. The van der Waals surface area contributed by atoms with E-state index in [4.69, 9.17) is 4.98 Å². The van der Waals surface area contributed by atoms with Gasteiger partial charge in [-0.3, -0.25) is 4.98 Å². The predicted octanol–water partition coefficient (Wildman–Crippen LogP) is 9.60. The van der Waals surface area contributed by atoms with Gasteiger partial charge in [0.15, 0.2) is 0 Å². The molecule has 0 unspecified atom stereocenters. The number of hydrogen-bond donors (Lipinski definition) is 0. The summed E-state index contributed by atoms with van der Waals surface area (Å²) in [7, 11) is 0. The molecular weight excluding hydrogens is 438 g/mol. The van der Waals surface area contributed by atoms with Crippen LogP contribution in [0.25, 0.3) is 52.6 Å². The average Bonchev–Trinajstić information content (AvgIpc) is 3.39. The van der Waals surface area contributed by atoms with Crippen LogP contribution >= 0.6 is 22.7 Å². The van der Waals surface area contributed by atoms with Crippen molar-refractivity contribution < 1.29 is 0 Å². The van der Waals surface area contributed by atoms with Crippen LogP contribution < -0.4 is 0 Å². The Balaban J connectivity index is 1.59. The monoisotopic (exact) mass is 463 g/mol. The van der Waals surface area contributed by atoms with Gasteiger partial charge in [-0.15, -0.1) is 22.7 Å². The third-order valence-corrected chi connectivity index (χ3v) is 8.53. The Hall–Kier alpha value is -3.01. The van der Waals surface area contributed by atoms with Gasteiger partial charge in [-0.05, 0) is 70.5 Å². The zero-order valence-electron chi connectivity index (χ0n) is 19.3. The summed E-state index contributed by atoms with van der Waals surface area (Å²) in [5.74, 6) is 0. The van der Waals surface area contributed by atoms with E-state index in [-0.39, 0.29) is 5.41 Å². The maximum atomic E-state index is 4.89. The van der Waals surface area contributed by atoms with Gasteiger partial charge in [0.25, 0.3) is 0 Å². The fourth-order valence-electron chi connectivity index (χ4n) is 4.77. The van der Waals surface area contributed by atoms with Crippen molar-refractivity contribution in [2.75, 3.05) is 0 Å². The van der Waals surface area contributed by atoms with E-state index < -0.39 is 0 Å². The molecule has 33 heavy (non-hydrogen) atoms. The molecule has 0 aliphatic heterocycles. The molecule has 0 N–H and O–H groups in total. The third-order valence-electron chi connectivity index (χ3n) is 6.33. The zero-order chi connectivity index (χ0) is 22.7. The second-order valence-electron chi connectivity index (χ2n) is 9.76. The number of hydrogen-bond acceptors (Lipinski definition) is 3. The summed E-state index contributed by atoms with van der Waals surface area (Å²) < 4.78 is 2.61. The molecule has 1 nitrogen and oxygen atoms in total. The Morgan fingerprint density at radius 1 is 0.758 bits per heavy atom. The molecule has 0 aliphatic rings. The van der Waals surface area contributed by atoms with Crippen molar-refractivity contribution in [1.82, 2.24) is 4.98 Å². The van der Waals surface area contributed by atoms with Crippen LogP contribution in [-0.2, 0) is 5.41 Å². The van der Waals surface area contributed by atoms with Crippen LogP contribution in [0.5, 0.6) is 0 Å². The van der Waals surface area contributed by atoms with Gasteiger partial charge in [-0.25, -0.2) is 0 Å². The van der Waals surface area contributed by atoms with Crippen molar-refractivity contribution in [3.05, 3.63) is 89.4 Å².